The number of anilines is 1. The van der Waals surface area contributed by atoms with Crippen molar-refractivity contribution >= 4 is 11.6 Å². The molecule has 0 saturated heterocycles. The number of carbonyl (C=O) groups is 1. The molecule has 0 spiro atoms. The van der Waals surface area contributed by atoms with Crippen molar-refractivity contribution in [2.75, 3.05) is 46.3 Å². The lowest BCUT2D eigenvalue weighted by molar-refractivity contribution is -0.120. The first kappa shape index (κ1) is 17.1. The van der Waals surface area contributed by atoms with Gasteiger partial charge in [-0.1, -0.05) is 0 Å². The Balaban J connectivity index is 2.36. The first-order valence-corrected chi connectivity index (χ1v) is 6.92. The van der Waals surface area contributed by atoms with Gasteiger partial charge in [0.25, 0.3) is 0 Å². The quantitative estimate of drug-likeness (QED) is 0.643. The fourth-order valence-corrected chi connectivity index (χ4v) is 1.80. The molecule has 0 fully saturated rings. The van der Waals surface area contributed by atoms with E-state index in [4.69, 9.17) is 14.2 Å². The van der Waals surface area contributed by atoms with Crippen molar-refractivity contribution in [1.29, 1.82) is 0 Å². The zero-order valence-electron chi connectivity index (χ0n) is 12.9. The van der Waals surface area contributed by atoms with Gasteiger partial charge in [-0.2, -0.15) is 0 Å². The third kappa shape index (κ3) is 6.35. The Kier molecular flexibility index (Phi) is 8.04. The van der Waals surface area contributed by atoms with Crippen LogP contribution in [-0.2, 0) is 9.53 Å². The lowest BCUT2D eigenvalue weighted by Gasteiger charge is -2.12. The van der Waals surface area contributed by atoms with E-state index in [1.54, 1.807) is 21.3 Å². The number of amides is 1. The van der Waals surface area contributed by atoms with Crippen LogP contribution in [0.25, 0.3) is 0 Å². The van der Waals surface area contributed by atoms with Crippen LogP contribution in [0, 0.1) is 0 Å². The Bertz CT molecular complexity index is 438. The van der Waals surface area contributed by atoms with E-state index in [0.29, 0.717) is 26.1 Å². The summed E-state index contributed by atoms with van der Waals surface area (Å²) >= 11 is 0. The molecule has 0 aromatic heterocycles. The average Bonchev–Trinajstić information content (AvgIpc) is 2.51. The molecule has 6 heteroatoms. The molecule has 118 valence electrons. The largest absolute Gasteiger partial charge is 0.497 e. The first-order chi connectivity index (χ1) is 10.2. The van der Waals surface area contributed by atoms with Gasteiger partial charge in [0.1, 0.15) is 11.5 Å². The number of rotatable bonds is 10. The summed E-state index contributed by atoms with van der Waals surface area (Å²) in [6.07, 6.45) is 1.22. The molecule has 0 atom stereocenters. The van der Waals surface area contributed by atoms with Gasteiger partial charge in [-0.15, -0.1) is 0 Å². The second-order valence-corrected chi connectivity index (χ2v) is 4.44. The van der Waals surface area contributed by atoms with Crippen LogP contribution in [0.4, 0.5) is 5.69 Å². The molecule has 1 aromatic rings. The number of benzene rings is 1. The summed E-state index contributed by atoms with van der Waals surface area (Å²) in [6.45, 7) is 1.81. The van der Waals surface area contributed by atoms with Crippen LogP contribution in [0.2, 0.25) is 0 Å². The van der Waals surface area contributed by atoms with Crippen molar-refractivity contribution < 1.29 is 19.0 Å². The van der Waals surface area contributed by atoms with Crippen molar-refractivity contribution in [2.45, 2.75) is 12.8 Å². The van der Waals surface area contributed by atoms with Gasteiger partial charge in [-0.05, 0) is 18.6 Å². The average molecular weight is 296 g/mol. The van der Waals surface area contributed by atoms with E-state index in [1.165, 1.54) is 0 Å². The highest BCUT2D eigenvalue weighted by Gasteiger charge is 2.06. The third-order valence-corrected chi connectivity index (χ3v) is 2.92. The van der Waals surface area contributed by atoms with Crippen LogP contribution in [0.5, 0.6) is 11.5 Å². The molecule has 0 unspecified atom stereocenters. The summed E-state index contributed by atoms with van der Waals surface area (Å²) in [5.41, 5.74) is 0.809. The van der Waals surface area contributed by atoms with Gasteiger partial charge in [0, 0.05) is 39.3 Å². The molecule has 0 bridgehead atoms. The summed E-state index contributed by atoms with van der Waals surface area (Å²) in [5, 5.41) is 6.02. The van der Waals surface area contributed by atoms with Crippen molar-refractivity contribution in [2.24, 2.45) is 0 Å². The van der Waals surface area contributed by atoms with E-state index in [0.717, 1.165) is 23.6 Å². The number of nitrogens with one attached hydrogen (secondary N) is 2. The predicted octanol–water partition coefficient (Wildman–Crippen LogP) is 1.66. The monoisotopic (exact) mass is 296 g/mol. The fraction of sp³-hybridized carbons (Fsp3) is 0.533. The van der Waals surface area contributed by atoms with Gasteiger partial charge in [0.05, 0.1) is 19.9 Å². The topological polar surface area (TPSA) is 68.8 Å². The highest BCUT2D eigenvalue weighted by molar-refractivity contribution is 5.76. The Morgan fingerprint density at radius 2 is 1.95 bits per heavy atom. The van der Waals surface area contributed by atoms with Gasteiger partial charge >= 0.3 is 0 Å². The van der Waals surface area contributed by atoms with E-state index in [9.17, 15) is 4.79 Å². The maximum absolute atomic E-state index is 11.6. The maximum Gasteiger partial charge on any atom is 0.221 e. The zero-order chi connectivity index (χ0) is 15.5. The van der Waals surface area contributed by atoms with Crippen LogP contribution in [0.3, 0.4) is 0 Å². The number of methoxy groups -OCH3 is 3. The third-order valence-electron chi connectivity index (χ3n) is 2.92. The molecular formula is C15H24N2O4. The lowest BCUT2D eigenvalue weighted by atomic mass is 10.2. The number of hydrogen-bond acceptors (Lipinski definition) is 5. The first-order valence-electron chi connectivity index (χ1n) is 6.92. The second kappa shape index (κ2) is 9.88. The summed E-state index contributed by atoms with van der Waals surface area (Å²) in [7, 11) is 4.86. The highest BCUT2D eigenvalue weighted by atomic mass is 16.5. The molecule has 21 heavy (non-hydrogen) atoms. The number of ether oxygens (including phenoxy) is 3. The zero-order valence-corrected chi connectivity index (χ0v) is 12.9. The molecule has 1 aromatic carbocycles. The normalized spacial score (nSPS) is 10.0. The molecule has 0 saturated carbocycles. The molecule has 0 radical (unpaired) electrons. The Morgan fingerprint density at radius 1 is 1.14 bits per heavy atom. The minimum absolute atomic E-state index is 0.0143. The van der Waals surface area contributed by atoms with Gasteiger partial charge in [0.2, 0.25) is 5.91 Å². The minimum Gasteiger partial charge on any atom is -0.497 e. The summed E-state index contributed by atoms with van der Waals surface area (Å²) < 4.78 is 15.4. The summed E-state index contributed by atoms with van der Waals surface area (Å²) in [4.78, 5) is 11.6. The van der Waals surface area contributed by atoms with Gasteiger partial charge in [-0.25, -0.2) is 0 Å². The Morgan fingerprint density at radius 3 is 2.62 bits per heavy atom. The van der Waals surface area contributed by atoms with Gasteiger partial charge in [0.15, 0.2) is 0 Å². The molecule has 6 nitrogen and oxygen atoms in total. The van der Waals surface area contributed by atoms with E-state index in [1.807, 2.05) is 18.2 Å². The van der Waals surface area contributed by atoms with E-state index >= 15 is 0 Å². The lowest BCUT2D eigenvalue weighted by Crippen LogP contribution is -2.26. The maximum atomic E-state index is 11.6. The molecule has 0 heterocycles. The predicted molar refractivity (Wildman–Crippen MR) is 82.2 cm³/mol. The van der Waals surface area contributed by atoms with Crippen LogP contribution in [0.1, 0.15) is 12.8 Å². The molecule has 2 N–H and O–H groups in total. The van der Waals surface area contributed by atoms with Gasteiger partial charge < -0.3 is 24.8 Å². The number of carbonyl (C=O) groups excluding carboxylic acids is 1. The van der Waals surface area contributed by atoms with E-state index < -0.39 is 0 Å². The van der Waals surface area contributed by atoms with Crippen LogP contribution in [-0.4, -0.2) is 46.9 Å². The molecule has 0 aliphatic heterocycles. The van der Waals surface area contributed by atoms with Gasteiger partial charge in [-0.3, -0.25) is 4.79 Å². The standard InChI is InChI=1S/C15H24N2O4/c1-19-10-4-8-17-15(18)7-9-16-13-11-12(20-2)5-6-14(13)21-3/h5-6,11,16H,4,7-10H2,1-3H3,(H,17,18). The molecule has 0 aliphatic carbocycles. The Labute approximate surface area is 125 Å². The number of hydrogen-bond donors (Lipinski definition) is 2. The highest BCUT2D eigenvalue weighted by Crippen LogP contribution is 2.28. The van der Waals surface area contributed by atoms with Crippen LogP contribution >= 0.6 is 0 Å². The fourth-order valence-electron chi connectivity index (χ4n) is 1.80. The molecule has 0 aliphatic rings. The van der Waals surface area contributed by atoms with E-state index in [-0.39, 0.29) is 5.91 Å². The molecule has 1 amide bonds. The summed E-state index contributed by atoms with van der Waals surface area (Å²) in [6, 6.07) is 5.49. The van der Waals surface area contributed by atoms with Crippen molar-refractivity contribution in [1.82, 2.24) is 5.32 Å². The van der Waals surface area contributed by atoms with Crippen molar-refractivity contribution in [3.63, 3.8) is 0 Å². The smallest absolute Gasteiger partial charge is 0.221 e. The van der Waals surface area contributed by atoms with Crippen LogP contribution in [0.15, 0.2) is 18.2 Å². The SMILES string of the molecule is COCCCNC(=O)CCNc1cc(OC)ccc1OC. The van der Waals surface area contributed by atoms with Crippen LogP contribution < -0.4 is 20.1 Å². The second-order valence-electron chi connectivity index (χ2n) is 4.44. The Hall–Kier alpha value is -1.95. The molecular weight excluding hydrogens is 272 g/mol. The van der Waals surface area contributed by atoms with E-state index in [2.05, 4.69) is 10.6 Å². The summed E-state index contributed by atoms with van der Waals surface area (Å²) in [5.74, 6) is 1.47. The minimum atomic E-state index is 0.0143. The van der Waals surface area contributed by atoms with Crippen molar-refractivity contribution in [3.05, 3.63) is 18.2 Å². The molecule has 1 rings (SSSR count). The van der Waals surface area contributed by atoms with Crippen molar-refractivity contribution in [3.8, 4) is 11.5 Å².